The fourth-order valence-corrected chi connectivity index (χ4v) is 5.11. The normalized spacial score (nSPS) is 45.1. The maximum atomic E-state index is 3.96. The van der Waals surface area contributed by atoms with Gasteiger partial charge in [0.1, 0.15) is 0 Å². The molecular weight excluding hydrogens is 246 g/mol. The Morgan fingerprint density at radius 3 is 2.50 bits per heavy atom. The van der Waals surface area contributed by atoms with Crippen LogP contribution in [-0.2, 0) is 0 Å². The molecule has 20 heavy (non-hydrogen) atoms. The van der Waals surface area contributed by atoms with Crippen molar-refractivity contribution in [3.63, 3.8) is 0 Å². The number of piperazine rings is 1. The lowest BCUT2D eigenvalue weighted by Crippen LogP contribution is -2.56. The van der Waals surface area contributed by atoms with Crippen LogP contribution in [0.3, 0.4) is 0 Å². The molecule has 0 radical (unpaired) electrons. The molecule has 3 fully saturated rings. The highest BCUT2D eigenvalue weighted by molar-refractivity contribution is 5.13. The Labute approximate surface area is 125 Å². The minimum absolute atomic E-state index is 0.511. The maximum Gasteiger partial charge on any atom is 0.0345 e. The number of hydrogen-bond donors (Lipinski definition) is 1. The molecule has 4 atom stereocenters. The van der Waals surface area contributed by atoms with E-state index in [4.69, 9.17) is 0 Å². The van der Waals surface area contributed by atoms with Gasteiger partial charge in [0.2, 0.25) is 0 Å². The Bertz CT molecular complexity index is 367. The molecule has 3 heteroatoms. The smallest absolute Gasteiger partial charge is 0.0345 e. The molecule has 0 spiro atoms. The van der Waals surface area contributed by atoms with Crippen LogP contribution < -0.4 is 5.32 Å². The van der Waals surface area contributed by atoms with Crippen molar-refractivity contribution < 1.29 is 0 Å². The molecule has 2 saturated carbocycles. The zero-order valence-corrected chi connectivity index (χ0v) is 14.1. The maximum absolute atomic E-state index is 3.96. The molecule has 1 N–H and O–H groups in total. The summed E-state index contributed by atoms with van der Waals surface area (Å²) in [6.45, 7) is 12.3. The van der Waals surface area contributed by atoms with Crippen LogP contribution in [0, 0.1) is 16.7 Å². The Morgan fingerprint density at radius 2 is 1.90 bits per heavy atom. The zero-order chi connectivity index (χ0) is 14.5. The summed E-state index contributed by atoms with van der Waals surface area (Å²) in [6.07, 6.45) is 4.27. The van der Waals surface area contributed by atoms with Gasteiger partial charge in [0.25, 0.3) is 0 Å². The van der Waals surface area contributed by atoms with Gasteiger partial charge in [-0.1, -0.05) is 20.8 Å². The molecule has 0 aromatic heterocycles. The molecular formula is C17H33N3. The van der Waals surface area contributed by atoms with Gasteiger partial charge in [0, 0.05) is 38.3 Å². The second kappa shape index (κ2) is 4.96. The van der Waals surface area contributed by atoms with Crippen LogP contribution in [0.1, 0.15) is 40.0 Å². The predicted molar refractivity (Wildman–Crippen MR) is 84.9 cm³/mol. The lowest BCUT2D eigenvalue weighted by Gasteiger charge is -2.42. The van der Waals surface area contributed by atoms with Crippen LogP contribution in [0.5, 0.6) is 0 Å². The average Bonchev–Trinajstić information content (AvgIpc) is 2.72. The van der Waals surface area contributed by atoms with E-state index in [1.807, 2.05) is 0 Å². The molecule has 116 valence electrons. The van der Waals surface area contributed by atoms with E-state index in [0.717, 1.165) is 18.5 Å². The van der Waals surface area contributed by atoms with E-state index in [-0.39, 0.29) is 0 Å². The van der Waals surface area contributed by atoms with E-state index in [9.17, 15) is 0 Å². The number of fused-ring (bicyclic) bond motifs is 2. The van der Waals surface area contributed by atoms with Crippen LogP contribution in [0.4, 0.5) is 0 Å². The first-order chi connectivity index (χ1) is 9.34. The molecule has 1 heterocycles. The van der Waals surface area contributed by atoms with Crippen LogP contribution in [0.15, 0.2) is 0 Å². The fourth-order valence-electron chi connectivity index (χ4n) is 5.11. The lowest BCUT2D eigenvalue weighted by atomic mass is 9.69. The topological polar surface area (TPSA) is 18.5 Å². The van der Waals surface area contributed by atoms with Crippen molar-refractivity contribution in [2.24, 2.45) is 16.7 Å². The third-order valence-corrected chi connectivity index (χ3v) is 7.37. The molecule has 2 bridgehead atoms. The molecule has 3 nitrogen and oxygen atoms in total. The molecule has 0 aromatic rings. The molecule has 4 unspecified atom stereocenters. The van der Waals surface area contributed by atoms with Gasteiger partial charge < -0.3 is 10.2 Å². The van der Waals surface area contributed by atoms with Gasteiger partial charge >= 0.3 is 0 Å². The van der Waals surface area contributed by atoms with E-state index in [2.05, 4.69) is 50.0 Å². The second-order valence-electron chi connectivity index (χ2n) is 8.47. The number of nitrogens with zero attached hydrogens (tertiary/aromatic N) is 2. The quantitative estimate of drug-likeness (QED) is 0.853. The largest absolute Gasteiger partial charge is 0.312 e. The van der Waals surface area contributed by atoms with Crippen molar-refractivity contribution in [2.75, 3.05) is 40.3 Å². The third-order valence-electron chi connectivity index (χ3n) is 7.37. The summed E-state index contributed by atoms with van der Waals surface area (Å²) in [5.74, 6) is 0.941. The van der Waals surface area contributed by atoms with E-state index in [1.165, 1.54) is 38.9 Å². The summed E-state index contributed by atoms with van der Waals surface area (Å²) in [4.78, 5) is 5.01. The average molecular weight is 279 g/mol. The van der Waals surface area contributed by atoms with Crippen molar-refractivity contribution in [2.45, 2.75) is 52.1 Å². The van der Waals surface area contributed by atoms with Crippen LogP contribution in [0.2, 0.25) is 0 Å². The highest BCUT2D eigenvalue weighted by Crippen LogP contribution is 2.65. The Balaban J connectivity index is 1.60. The summed E-state index contributed by atoms with van der Waals surface area (Å²) in [5, 5.41) is 3.96. The molecule has 1 saturated heterocycles. The first-order valence-corrected chi connectivity index (χ1v) is 8.47. The molecule has 3 aliphatic rings. The minimum atomic E-state index is 0.511. The second-order valence-corrected chi connectivity index (χ2v) is 8.47. The summed E-state index contributed by atoms with van der Waals surface area (Å²) in [5.41, 5.74) is 1.04. The van der Waals surface area contributed by atoms with Gasteiger partial charge in [-0.3, -0.25) is 4.90 Å². The Hall–Kier alpha value is -0.120. The van der Waals surface area contributed by atoms with Crippen LogP contribution in [0.25, 0.3) is 0 Å². The van der Waals surface area contributed by atoms with Crippen molar-refractivity contribution in [3.8, 4) is 0 Å². The van der Waals surface area contributed by atoms with E-state index in [0.29, 0.717) is 16.9 Å². The highest BCUT2D eigenvalue weighted by Gasteiger charge is 2.61. The van der Waals surface area contributed by atoms with Gasteiger partial charge in [-0.05, 0) is 50.1 Å². The van der Waals surface area contributed by atoms with Crippen molar-refractivity contribution in [1.29, 1.82) is 0 Å². The summed E-state index contributed by atoms with van der Waals surface area (Å²) in [6, 6.07) is 1.41. The van der Waals surface area contributed by atoms with Crippen LogP contribution in [-0.4, -0.2) is 62.2 Å². The van der Waals surface area contributed by atoms with Crippen LogP contribution >= 0.6 is 0 Å². The Morgan fingerprint density at radius 1 is 1.15 bits per heavy atom. The van der Waals surface area contributed by atoms with Gasteiger partial charge in [-0.15, -0.1) is 0 Å². The van der Waals surface area contributed by atoms with E-state index >= 15 is 0 Å². The Kier molecular flexibility index (Phi) is 3.67. The lowest BCUT2D eigenvalue weighted by molar-refractivity contribution is 0.0908. The number of nitrogens with one attached hydrogen (secondary N) is 1. The number of hydrogen-bond acceptors (Lipinski definition) is 3. The van der Waals surface area contributed by atoms with Gasteiger partial charge in [-0.2, -0.15) is 0 Å². The summed E-state index contributed by atoms with van der Waals surface area (Å²) < 4.78 is 0. The molecule has 2 aliphatic carbocycles. The standard InChI is InChI=1S/C17H33N3/c1-16(2)13-6-7-17(16,3)15(10-13)18-11-14-12-19(4)8-9-20(14)5/h13-15,18H,6-12H2,1-5H3. The SMILES string of the molecule is CN1CCN(C)C(CNC2CC3CCC2(C)C3(C)C)C1. The highest BCUT2D eigenvalue weighted by atomic mass is 15.3. The molecule has 0 amide bonds. The van der Waals surface area contributed by atoms with Gasteiger partial charge in [-0.25, -0.2) is 0 Å². The first-order valence-electron chi connectivity index (χ1n) is 8.47. The third kappa shape index (κ3) is 2.13. The number of likely N-dealkylation sites (N-methyl/N-ethyl adjacent to an activating group) is 2. The van der Waals surface area contributed by atoms with E-state index < -0.39 is 0 Å². The monoisotopic (exact) mass is 279 g/mol. The summed E-state index contributed by atoms with van der Waals surface area (Å²) in [7, 11) is 4.54. The van der Waals surface area contributed by atoms with Gasteiger partial charge in [0.15, 0.2) is 0 Å². The van der Waals surface area contributed by atoms with E-state index in [1.54, 1.807) is 0 Å². The molecule has 3 rings (SSSR count). The summed E-state index contributed by atoms with van der Waals surface area (Å²) >= 11 is 0. The van der Waals surface area contributed by atoms with Crippen molar-refractivity contribution in [3.05, 3.63) is 0 Å². The molecule has 1 aliphatic heterocycles. The van der Waals surface area contributed by atoms with Crippen molar-refractivity contribution >= 4 is 0 Å². The zero-order valence-electron chi connectivity index (χ0n) is 14.1. The van der Waals surface area contributed by atoms with Gasteiger partial charge in [0.05, 0.1) is 0 Å². The molecule has 0 aromatic carbocycles. The first kappa shape index (κ1) is 14.8. The van der Waals surface area contributed by atoms with Crippen molar-refractivity contribution in [1.82, 2.24) is 15.1 Å². The minimum Gasteiger partial charge on any atom is -0.312 e. The predicted octanol–water partition coefficient (Wildman–Crippen LogP) is 2.04. The fraction of sp³-hybridized carbons (Fsp3) is 1.00. The number of rotatable bonds is 3.